The van der Waals surface area contributed by atoms with Crippen LogP contribution < -0.4 is 5.32 Å². The first-order valence-electron chi connectivity index (χ1n) is 6.57. The zero-order valence-corrected chi connectivity index (χ0v) is 11.6. The van der Waals surface area contributed by atoms with Crippen molar-refractivity contribution in [3.8, 4) is 0 Å². The maximum Gasteiger partial charge on any atom is 0.140 e. The van der Waals surface area contributed by atoms with E-state index >= 15 is 0 Å². The zero-order chi connectivity index (χ0) is 12.3. The Kier molecular flexibility index (Phi) is 4.50. The second kappa shape index (κ2) is 5.72. The summed E-state index contributed by atoms with van der Waals surface area (Å²) >= 11 is 1.96. The van der Waals surface area contributed by atoms with Crippen molar-refractivity contribution in [2.45, 2.75) is 31.8 Å². The number of ether oxygens (including phenoxy) is 1. The molecule has 2 rings (SSSR count). The summed E-state index contributed by atoms with van der Waals surface area (Å²) in [7, 11) is 1.91. The molecule has 0 radical (unpaired) electrons. The van der Waals surface area contributed by atoms with Crippen LogP contribution in [0.15, 0.2) is 0 Å². The van der Waals surface area contributed by atoms with Gasteiger partial charge in [0.05, 0.1) is 5.60 Å². The normalized spacial score (nSPS) is 35.1. The van der Waals surface area contributed by atoms with Gasteiger partial charge < -0.3 is 10.1 Å². The molecule has 2 heterocycles. The monoisotopic (exact) mass is 257 g/mol. The maximum absolute atomic E-state index is 12.3. The van der Waals surface area contributed by atoms with E-state index in [2.05, 4.69) is 5.32 Å². The molecule has 2 aliphatic heterocycles. The second-order valence-electron chi connectivity index (χ2n) is 5.38. The molecule has 1 spiro atoms. The summed E-state index contributed by atoms with van der Waals surface area (Å²) in [6.45, 7) is 3.59. The molecule has 17 heavy (non-hydrogen) atoms. The topological polar surface area (TPSA) is 38.3 Å². The summed E-state index contributed by atoms with van der Waals surface area (Å²) < 4.78 is 5.96. The van der Waals surface area contributed by atoms with E-state index in [1.807, 2.05) is 25.7 Å². The van der Waals surface area contributed by atoms with Crippen LogP contribution >= 0.6 is 11.8 Å². The van der Waals surface area contributed by atoms with Gasteiger partial charge in [0.15, 0.2) is 0 Å². The van der Waals surface area contributed by atoms with Crippen molar-refractivity contribution in [2.24, 2.45) is 11.8 Å². The van der Waals surface area contributed by atoms with E-state index in [4.69, 9.17) is 4.74 Å². The fourth-order valence-corrected chi connectivity index (χ4v) is 4.32. The average molecular weight is 257 g/mol. The summed E-state index contributed by atoms with van der Waals surface area (Å²) in [5.41, 5.74) is 0.0304. The molecule has 0 aromatic carbocycles. The van der Waals surface area contributed by atoms with Crippen molar-refractivity contribution < 1.29 is 9.53 Å². The van der Waals surface area contributed by atoms with E-state index in [0.29, 0.717) is 5.78 Å². The maximum atomic E-state index is 12.3. The van der Waals surface area contributed by atoms with Crippen LogP contribution in [0.2, 0.25) is 0 Å². The zero-order valence-electron chi connectivity index (χ0n) is 10.8. The summed E-state index contributed by atoms with van der Waals surface area (Å²) in [6.07, 6.45) is 2.99. The number of hydrogen-bond donors (Lipinski definition) is 1. The second-order valence-corrected chi connectivity index (χ2v) is 6.49. The molecule has 3 nitrogen and oxygen atoms in total. The molecular weight excluding hydrogens is 234 g/mol. The van der Waals surface area contributed by atoms with Gasteiger partial charge in [-0.3, -0.25) is 4.79 Å². The Bertz CT molecular complexity index is 277. The third-order valence-corrected chi connectivity index (χ3v) is 5.18. The predicted molar refractivity (Wildman–Crippen MR) is 71.4 cm³/mol. The molecule has 1 N–H and O–H groups in total. The van der Waals surface area contributed by atoms with E-state index < -0.39 is 0 Å². The quantitative estimate of drug-likeness (QED) is 0.832. The van der Waals surface area contributed by atoms with E-state index in [1.54, 1.807) is 0 Å². The van der Waals surface area contributed by atoms with Crippen LogP contribution in [0.1, 0.15) is 26.2 Å². The standard InChI is InChI=1S/C13H23NO2S/c1-10(8-14-2)12(15)11-3-5-16-13(7-11)4-6-17-9-13/h10-11,14H,3-9H2,1-2H3. The van der Waals surface area contributed by atoms with Gasteiger partial charge in [0.25, 0.3) is 0 Å². The lowest BCUT2D eigenvalue weighted by molar-refractivity contribution is -0.137. The lowest BCUT2D eigenvalue weighted by atomic mass is 9.80. The van der Waals surface area contributed by atoms with Crippen LogP contribution in [0.3, 0.4) is 0 Å². The van der Waals surface area contributed by atoms with E-state index in [9.17, 15) is 4.79 Å². The summed E-state index contributed by atoms with van der Waals surface area (Å²) in [6, 6.07) is 0. The number of rotatable bonds is 4. The van der Waals surface area contributed by atoms with Crippen molar-refractivity contribution in [2.75, 3.05) is 31.7 Å². The molecule has 2 fully saturated rings. The highest BCUT2D eigenvalue weighted by molar-refractivity contribution is 7.99. The van der Waals surface area contributed by atoms with Gasteiger partial charge in [0.1, 0.15) is 5.78 Å². The summed E-state index contributed by atoms with van der Waals surface area (Å²) in [5.74, 6) is 3.06. The third kappa shape index (κ3) is 3.04. The fraction of sp³-hybridized carbons (Fsp3) is 0.923. The molecule has 3 atom stereocenters. The summed E-state index contributed by atoms with van der Waals surface area (Å²) in [4.78, 5) is 12.3. The minimum Gasteiger partial charge on any atom is -0.374 e. The predicted octanol–water partition coefficient (Wildman–Crippen LogP) is 1.71. The first-order chi connectivity index (χ1) is 8.17. The molecule has 0 bridgehead atoms. The number of ketones is 1. The molecule has 98 valence electrons. The largest absolute Gasteiger partial charge is 0.374 e. The van der Waals surface area contributed by atoms with Gasteiger partial charge >= 0.3 is 0 Å². The molecule has 0 aromatic heterocycles. The van der Waals surface area contributed by atoms with E-state index in [0.717, 1.165) is 38.2 Å². The van der Waals surface area contributed by atoms with Crippen LogP contribution in [0.5, 0.6) is 0 Å². The number of hydrogen-bond acceptors (Lipinski definition) is 4. The van der Waals surface area contributed by atoms with Gasteiger partial charge in [0.2, 0.25) is 0 Å². The van der Waals surface area contributed by atoms with Gasteiger partial charge in [-0.15, -0.1) is 0 Å². The lowest BCUT2D eigenvalue weighted by Crippen LogP contribution is -2.43. The van der Waals surface area contributed by atoms with Crippen molar-refractivity contribution in [1.82, 2.24) is 5.32 Å². The minimum atomic E-state index is 0.0304. The van der Waals surface area contributed by atoms with E-state index in [1.165, 1.54) is 5.75 Å². The molecule has 0 aromatic rings. The Balaban J connectivity index is 1.94. The number of nitrogens with one attached hydrogen (secondary N) is 1. The lowest BCUT2D eigenvalue weighted by Gasteiger charge is -2.37. The molecule has 3 unspecified atom stereocenters. The minimum absolute atomic E-state index is 0.0304. The van der Waals surface area contributed by atoms with E-state index in [-0.39, 0.29) is 17.4 Å². The molecule has 0 aliphatic carbocycles. The van der Waals surface area contributed by atoms with Gasteiger partial charge in [-0.25, -0.2) is 0 Å². The highest BCUT2D eigenvalue weighted by atomic mass is 32.2. The Morgan fingerprint density at radius 1 is 1.65 bits per heavy atom. The summed E-state index contributed by atoms with van der Waals surface area (Å²) in [5, 5.41) is 3.09. The smallest absolute Gasteiger partial charge is 0.140 e. The van der Waals surface area contributed by atoms with Gasteiger partial charge in [-0.1, -0.05) is 6.92 Å². The van der Waals surface area contributed by atoms with Gasteiger partial charge in [0, 0.05) is 30.7 Å². The number of Topliss-reactive ketones (excluding diaryl/α,β-unsaturated/α-hetero) is 1. The average Bonchev–Trinajstić information content (AvgIpc) is 2.76. The highest BCUT2D eigenvalue weighted by Gasteiger charge is 2.42. The van der Waals surface area contributed by atoms with Gasteiger partial charge in [-0.05, 0) is 32.1 Å². The number of carbonyl (C=O) groups excluding carboxylic acids is 1. The number of carbonyl (C=O) groups is 1. The first-order valence-corrected chi connectivity index (χ1v) is 7.72. The Hall–Kier alpha value is -0.0600. The molecule has 2 aliphatic rings. The molecule has 4 heteroatoms. The Labute approximate surface area is 108 Å². The van der Waals surface area contributed by atoms with Crippen LogP contribution in [0.4, 0.5) is 0 Å². The fourth-order valence-electron chi connectivity index (χ4n) is 2.94. The molecule has 0 saturated carbocycles. The SMILES string of the molecule is CNCC(C)C(=O)C1CCOC2(CCSC2)C1. The Morgan fingerprint density at radius 3 is 3.12 bits per heavy atom. The Morgan fingerprint density at radius 2 is 2.47 bits per heavy atom. The van der Waals surface area contributed by atoms with Gasteiger partial charge in [-0.2, -0.15) is 11.8 Å². The third-order valence-electron chi connectivity index (χ3n) is 3.96. The molecule has 2 saturated heterocycles. The van der Waals surface area contributed by atoms with Crippen molar-refractivity contribution in [1.29, 1.82) is 0 Å². The van der Waals surface area contributed by atoms with Crippen molar-refractivity contribution in [3.63, 3.8) is 0 Å². The highest BCUT2D eigenvalue weighted by Crippen LogP contribution is 2.41. The van der Waals surface area contributed by atoms with Crippen molar-refractivity contribution in [3.05, 3.63) is 0 Å². The van der Waals surface area contributed by atoms with Crippen LogP contribution in [0.25, 0.3) is 0 Å². The van der Waals surface area contributed by atoms with Crippen molar-refractivity contribution >= 4 is 17.5 Å². The molecular formula is C13H23NO2S. The van der Waals surface area contributed by atoms with Crippen LogP contribution in [-0.2, 0) is 9.53 Å². The molecule has 0 amide bonds. The van der Waals surface area contributed by atoms with Crippen LogP contribution in [0, 0.1) is 11.8 Å². The number of thioether (sulfide) groups is 1. The first kappa shape index (κ1) is 13.4. The van der Waals surface area contributed by atoms with Crippen LogP contribution in [-0.4, -0.2) is 43.1 Å².